The molecule has 1 saturated heterocycles. The van der Waals surface area contributed by atoms with Gasteiger partial charge < -0.3 is 5.32 Å². The summed E-state index contributed by atoms with van der Waals surface area (Å²) in [6.07, 6.45) is 5.64. The fraction of sp³-hybridized carbons (Fsp3) is 0.643. The van der Waals surface area contributed by atoms with Crippen LogP contribution in [0.3, 0.4) is 0 Å². The Morgan fingerprint density at radius 3 is 2.78 bits per heavy atom. The van der Waals surface area contributed by atoms with E-state index in [0.717, 1.165) is 26.2 Å². The van der Waals surface area contributed by atoms with E-state index in [2.05, 4.69) is 28.2 Å². The second-order valence-corrected chi connectivity index (χ2v) is 5.25. The molecule has 0 unspecified atom stereocenters. The highest BCUT2D eigenvalue weighted by molar-refractivity contribution is 6.29. The molecule has 1 N–H and O–H groups in total. The first kappa shape index (κ1) is 13.8. The van der Waals surface area contributed by atoms with Crippen LogP contribution >= 0.6 is 11.6 Å². The first-order valence-electron chi connectivity index (χ1n) is 6.87. The van der Waals surface area contributed by atoms with Crippen molar-refractivity contribution >= 4 is 11.6 Å². The van der Waals surface area contributed by atoms with E-state index in [9.17, 15) is 0 Å². The maximum absolute atomic E-state index is 5.87. The van der Waals surface area contributed by atoms with Gasteiger partial charge in [0.05, 0.1) is 0 Å². The van der Waals surface area contributed by atoms with Crippen molar-refractivity contribution in [2.24, 2.45) is 0 Å². The van der Waals surface area contributed by atoms with Gasteiger partial charge in [0.2, 0.25) is 0 Å². The second kappa shape index (κ2) is 7.07. The zero-order valence-electron chi connectivity index (χ0n) is 11.0. The molecule has 1 aliphatic rings. The fourth-order valence-electron chi connectivity index (χ4n) is 2.54. The lowest BCUT2D eigenvalue weighted by molar-refractivity contribution is 0.163. The lowest BCUT2D eigenvalue weighted by atomic mass is 10.0. The molecule has 0 spiro atoms. The molecule has 1 aromatic heterocycles. The number of pyridine rings is 1. The average molecular weight is 268 g/mol. The van der Waals surface area contributed by atoms with Gasteiger partial charge in [-0.1, -0.05) is 37.4 Å². The molecule has 18 heavy (non-hydrogen) atoms. The standard InChI is InChI=1S/C14H22ClN3/c1-2-3-4-13(18-9-7-16-8-10-18)12-5-6-14(15)17-11-12/h5-6,11,13,16H,2-4,7-10H2,1H3/t13-/m1/s1. The lowest BCUT2D eigenvalue weighted by Crippen LogP contribution is -2.45. The SMILES string of the molecule is CCCC[C@H](c1ccc(Cl)nc1)N1CCNCC1. The monoisotopic (exact) mass is 267 g/mol. The predicted molar refractivity (Wildman–Crippen MR) is 76.0 cm³/mol. The number of piperazine rings is 1. The van der Waals surface area contributed by atoms with E-state index in [1.807, 2.05) is 12.3 Å². The van der Waals surface area contributed by atoms with E-state index in [1.54, 1.807) is 0 Å². The summed E-state index contributed by atoms with van der Waals surface area (Å²) in [7, 11) is 0. The van der Waals surface area contributed by atoms with Crippen molar-refractivity contribution in [1.82, 2.24) is 15.2 Å². The molecule has 2 heterocycles. The van der Waals surface area contributed by atoms with E-state index in [-0.39, 0.29) is 0 Å². The minimum atomic E-state index is 0.497. The third kappa shape index (κ3) is 3.67. The average Bonchev–Trinajstić information content (AvgIpc) is 2.42. The van der Waals surface area contributed by atoms with Gasteiger partial charge in [0.1, 0.15) is 5.15 Å². The van der Waals surface area contributed by atoms with Gasteiger partial charge in [-0.15, -0.1) is 0 Å². The topological polar surface area (TPSA) is 28.2 Å². The number of halogens is 1. The van der Waals surface area contributed by atoms with Crippen LogP contribution in [0.1, 0.15) is 37.8 Å². The third-order valence-corrected chi connectivity index (χ3v) is 3.78. The summed E-state index contributed by atoms with van der Waals surface area (Å²) in [6.45, 7) is 6.66. The van der Waals surface area contributed by atoms with Gasteiger partial charge in [-0.2, -0.15) is 0 Å². The summed E-state index contributed by atoms with van der Waals surface area (Å²) in [4.78, 5) is 6.79. The second-order valence-electron chi connectivity index (χ2n) is 4.86. The van der Waals surface area contributed by atoms with E-state index < -0.39 is 0 Å². The quantitative estimate of drug-likeness (QED) is 0.832. The molecule has 4 heteroatoms. The molecular formula is C14H22ClN3. The van der Waals surface area contributed by atoms with Crippen LogP contribution in [0.25, 0.3) is 0 Å². The van der Waals surface area contributed by atoms with Crippen LogP contribution < -0.4 is 5.32 Å². The van der Waals surface area contributed by atoms with Gasteiger partial charge in [0.15, 0.2) is 0 Å². The Morgan fingerprint density at radius 1 is 1.39 bits per heavy atom. The smallest absolute Gasteiger partial charge is 0.129 e. The van der Waals surface area contributed by atoms with Crippen molar-refractivity contribution in [2.75, 3.05) is 26.2 Å². The first-order valence-corrected chi connectivity index (χ1v) is 7.25. The summed E-state index contributed by atoms with van der Waals surface area (Å²) >= 11 is 5.87. The number of hydrogen-bond donors (Lipinski definition) is 1. The van der Waals surface area contributed by atoms with Gasteiger partial charge in [0, 0.05) is 38.4 Å². The molecule has 1 fully saturated rings. The molecule has 2 rings (SSSR count). The molecule has 0 amide bonds. The van der Waals surface area contributed by atoms with Crippen LogP contribution in [0, 0.1) is 0 Å². The molecule has 0 aromatic carbocycles. The van der Waals surface area contributed by atoms with Gasteiger partial charge in [-0.3, -0.25) is 4.90 Å². The molecule has 1 atom stereocenters. The summed E-state index contributed by atoms with van der Waals surface area (Å²) in [6, 6.07) is 4.52. The van der Waals surface area contributed by atoms with Crippen molar-refractivity contribution in [3.63, 3.8) is 0 Å². The number of unbranched alkanes of at least 4 members (excludes halogenated alkanes) is 1. The van der Waals surface area contributed by atoms with Crippen molar-refractivity contribution in [3.05, 3.63) is 29.0 Å². The minimum Gasteiger partial charge on any atom is -0.314 e. The summed E-state index contributed by atoms with van der Waals surface area (Å²) in [5, 5.41) is 3.98. The molecular weight excluding hydrogens is 246 g/mol. The molecule has 1 aromatic rings. The highest BCUT2D eigenvalue weighted by atomic mass is 35.5. The molecule has 3 nitrogen and oxygen atoms in total. The van der Waals surface area contributed by atoms with Crippen molar-refractivity contribution in [3.8, 4) is 0 Å². The summed E-state index contributed by atoms with van der Waals surface area (Å²) < 4.78 is 0. The van der Waals surface area contributed by atoms with E-state index in [0.29, 0.717) is 11.2 Å². The van der Waals surface area contributed by atoms with E-state index in [4.69, 9.17) is 11.6 Å². The number of nitrogens with zero attached hydrogens (tertiary/aromatic N) is 2. The molecule has 0 saturated carbocycles. The van der Waals surface area contributed by atoms with Gasteiger partial charge >= 0.3 is 0 Å². The van der Waals surface area contributed by atoms with Gasteiger partial charge in [-0.05, 0) is 18.1 Å². The van der Waals surface area contributed by atoms with Crippen molar-refractivity contribution < 1.29 is 0 Å². The highest BCUT2D eigenvalue weighted by Crippen LogP contribution is 2.26. The Bertz CT molecular complexity index is 347. The van der Waals surface area contributed by atoms with Gasteiger partial charge in [0.25, 0.3) is 0 Å². The number of nitrogens with one attached hydrogen (secondary N) is 1. The first-order chi connectivity index (χ1) is 8.81. The maximum atomic E-state index is 5.87. The summed E-state index contributed by atoms with van der Waals surface area (Å²) in [5.41, 5.74) is 1.30. The number of rotatable bonds is 5. The highest BCUT2D eigenvalue weighted by Gasteiger charge is 2.21. The fourth-order valence-corrected chi connectivity index (χ4v) is 2.65. The van der Waals surface area contributed by atoms with Crippen molar-refractivity contribution in [2.45, 2.75) is 32.2 Å². The molecule has 1 aliphatic heterocycles. The Kier molecular flexibility index (Phi) is 5.42. The van der Waals surface area contributed by atoms with Crippen molar-refractivity contribution in [1.29, 1.82) is 0 Å². The van der Waals surface area contributed by atoms with Crippen LogP contribution in [-0.4, -0.2) is 36.1 Å². The Labute approximate surface area is 115 Å². The van der Waals surface area contributed by atoms with Crippen LogP contribution in [0.5, 0.6) is 0 Å². The third-order valence-electron chi connectivity index (χ3n) is 3.56. The minimum absolute atomic E-state index is 0.497. The Balaban J connectivity index is 2.10. The van der Waals surface area contributed by atoms with Gasteiger partial charge in [-0.25, -0.2) is 4.98 Å². The van der Waals surface area contributed by atoms with Crippen LogP contribution in [0.2, 0.25) is 5.15 Å². The largest absolute Gasteiger partial charge is 0.314 e. The maximum Gasteiger partial charge on any atom is 0.129 e. The van der Waals surface area contributed by atoms with E-state index in [1.165, 1.54) is 24.8 Å². The zero-order valence-corrected chi connectivity index (χ0v) is 11.8. The van der Waals surface area contributed by atoms with E-state index >= 15 is 0 Å². The van der Waals surface area contributed by atoms with Crippen LogP contribution in [0.15, 0.2) is 18.3 Å². The molecule has 100 valence electrons. The predicted octanol–water partition coefficient (Wildman–Crippen LogP) is 2.87. The molecule has 0 bridgehead atoms. The Morgan fingerprint density at radius 2 is 2.17 bits per heavy atom. The zero-order chi connectivity index (χ0) is 12.8. The van der Waals surface area contributed by atoms with Crippen LogP contribution in [0.4, 0.5) is 0 Å². The molecule has 0 aliphatic carbocycles. The van der Waals surface area contributed by atoms with Crippen LogP contribution in [-0.2, 0) is 0 Å². The summed E-state index contributed by atoms with van der Waals surface area (Å²) in [5.74, 6) is 0. The number of hydrogen-bond acceptors (Lipinski definition) is 3. The Hall–Kier alpha value is -0.640. The number of aromatic nitrogens is 1. The normalized spacial score (nSPS) is 18.8. The molecule has 0 radical (unpaired) electrons. The lowest BCUT2D eigenvalue weighted by Gasteiger charge is -2.35.